The van der Waals surface area contributed by atoms with Crippen molar-refractivity contribution in [2.24, 2.45) is 0 Å². The Morgan fingerprint density at radius 1 is 1.60 bits per heavy atom. The van der Waals surface area contributed by atoms with Gasteiger partial charge in [0.2, 0.25) is 0 Å². The number of allylic oxidation sites excluding steroid dienone is 1. The molecule has 0 aromatic carbocycles. The number of hydrogen-bond acceptors (Lipinski definition) is 2. The van der Waals surface area contributed by atoms with Gasteiger partial charge in [0.05, 0.1) is 6.10 Å². The molecule has 0 radical (unpaired) electrons. The molecular formula is C8H16OS. The summed E-state index contributed by atoms with van der Waals surface area (Å²) in [6.07, 6.45) is 6.49. The molecule has 0 aliphatic rings. The molecule has 1 nitrogen and oxygen atoms in total. The molecule has 0 saturated carbocycles. The van der Waals surface area contributed by atoms with Gasteiger partial charge in [0.15, 0.2) is 0 Å². The van der Waals surface area contributed by atoms with Crippen molar-refractivity contribution in [3.63, 3.8) is 0 Å². The van der Waals surface area contributed by atoms with Crippen LogP contribution in [-0.4, -0.2) is 23.2 Å². The van der Waals surface area contributed by atoms with Gasteiger partial charge in [-0.1, -0.05) is 6.08 Å². The fourth-order valence-electron chi connectivity index (χ4n) is 0.708. The molecule has 0 aliphatic heterocycles. The van der Waals surface area contributed by atoms with Gasteiger partial charge >= 0.3 is 0 Å². The average Bonchev–Trinajstić information content (AvgIpc) is 1.97. The molecule has 2 heteroatoms. The van der Waals surface area contributed by atoms with Gasteiger partial charge in [-0.3, -0.25) is 0 Å². The predicted molar refractivity (Wildman–Crippen MR) is 48.4 cm³/mol. The van der Waals surface area contributed by atoms with Crippen molar-refractivity contribution in [3.05, 3.63) is 12.7 Å². The summed E-state index contributed by atoms with van der Waals surface area (Å²) in [5, 5.41) is 9.25. The first-order valence-corrected chi connectivity index (χ1v) is 4.98. The lowest BCUT2D eigenvalue weighted by atomic mass is 10.1. The molecule has 0 aliphatic carbocycles. The molecule has 1 atom stereocenters. The van der Waals surface area contributed by atoms with E-state index in [1.54, 1.807) is 11.8 Å². The zero-order chi connectivity index (χ0) is 7.82. The highest BCUT2D eigenvalue weighted by Gasteiger charge is 2.00. The third kappa shape index (κ3) is 6.17. The maximum atomic E-state index is 9.25. The van der Waals surface area contributed by atoms with Crippen LogP contribution in [0.15, 0.2) is 12.7 Å². The molecule has 0 saturated heterocycles. The summed E-state index contributed by atoms with van der Waals surface area (Å²) < 4.78 is 0. The minimum absolute atomic E-state index is 0.120. The van der Waals surface area contributed by atoms with Crippen molar-refractivity contribution in [3.8, 4) is 0 Å². The molecule has 0 spiro atoms. The summed E-state index contributed by atoms with van der Waals surface area (Å²) in [7, 11) is 0. The molecule has 0 aromatic heterocycles. The second-order valence-electron chi connectivity index (χ2n) is 2.30. The first-order valence-electron chi connectivity index (χ1n) is 3.59. The van der Waals surface area contributed by atoms with Crippen LogP contribution in [0.1, 0.15) is 19.3 Å². The van der Waals surface area contributed by atoms with Crippen LogP contribution >= 0.6 is 11.8 Å². The van der Waals surface area contributed by atoms with Crippen LogP contribution < -0.4 is 0 Å². The molecule has 1 N–H and O–H groups in total. The Hall–Kier alpha value is 0.0500. The Bertz CT molecular complexity index is 83.3. The fraction of sp³-hybridized carbons (Fsp3) is 0.750. The molecule has 1 unspecified atom stereocenters. The molecule has 0 heterocycles. The molecule has 60 valence electrons. The molecule has 0 bridgehead atoms. The smallest absolute Gasteiger partial charge is 0.0551 e. The Morgan fingerprint density at radius 2 is 2.30 bits per heavy atom. The number of aliphatic hydroxyl groups is 1. The maximum absolute atomic E-state index is 9.25. The Labute approximate surface area is 67.5 Å². The standard InChI is InChI=1S/C8H16OS/c1-3-4-5-8(9)6-7-10-2/h3,8-9H,1,4-7H2,2H3. The molecule has 0 amide bonds. The minimum atomic E-state index is -0.120. The molecule has 0 rings (SSSR count). The van der Waals surface area contributed by atoms with E-state index in [1.165, 1.54) is 0 Å². The third-order valence-corrected chi connectivity index (χ3v) is 2.00. The number of hydrogen-bond donors (Lipinski definition) is 1. The van der Waals surface area contributed by atoms with Crippen LogP contribution in [0, 0.1) is 0 Å². The van der Waals surface area contributed by atoms with Crippen molar-refractivity contribution < 1.29 is 5.11 Å². The number of aliphatic hydroxyl groups excluding tert-OH is 1. The lowest BCUT2D eigenvalue weighted by Gasteiger charge is -2.06. The highest BCUT2D eigenvalue weighted by molar-refractivity contribution is 7.98. The van der Waals surface area contributed by atoms with Crippen LogP contribution in [0.25, 0.3) is 0 Å². The quantitative estimate of drug-likeness (QED) is 0.600. The van der Waals surface area contributed by atoms with E-state index in [4.69, 9.17) is 0 Å². The lowest BCUT2D eigenvalue weighted by Crippen LogP contribution is -2.06. The van der Waals surface area contributed by atoms with Gasteiger partial charge in [0.25, 0.3) is 0 Å². The second kappa shape index (κ2) is 7.16. The van der Waals surface area contributed by atoms with Gasteiger partial charge in [-0.05, 0) is 31.3 Å². The molecule has 10 heavy (non-hydrogen) atoms. The van der Waals surface area contributed by atoms with Crippen LogP contribution in [0.3, 0.4) is 0 Å². The van der Waals surface area contributed by atoms with Crippen LogP contribution in [0.5, 0.6) is 0 Å². The highest BCUT2D eigenvalue weighted by atomic mass is 32.2. The van der Waals surface area contributed by atoms with Crippen LogP contribution in [0.2, 0.25) is 0 Å². The van der Waals surface area contributed by atoms with E-state index in [0.29, 0.717) is 0 Å². The van der Waals surface area contributed by atoms with E-state index in [2.05, 4.69) is 12.8 Å². The zero-order valence-corrected chi connectivity index (χ0v) is 7.36. The van der Waals surface area contributed by atoms with E-state index in [0.717, 1.165) is 25.0 Å². The van der Waals surface area contributed by atoms with Crippen molar-refractivity contribution in [2.75, 3.05) is 12.0 Å². The normalized spacial score (nSPS) is 13.0. The Morgan fingerprint density at radius 3 is 2.80 bits per heavy atom. The van der Waals surface area contributed by atoms with Gasteiger partial charge < -0.3 is 5.11 Å². The summed E-state index contributed by atoms with van der Waals surface area (Å²) in [6.45, 7) is 3.60. The topological polar surface area (TPSA) is 20.2 Å². The van der Waals surface area contributed by atoms with E-state index >= 15 is 0 Å². The van der Waals surface area contributed by atoms with Crippen molar-refractivity contribution in [2.45, 2.75) is 25.4 Å². The molecule has 0 fully saturated rings. The van der Waals surface area contributed by atoms with Gasteiger partial charge in [-0.15, -0.1) is 6.58 Å². The van der Waals surface area contributed by atoms with E-state index in [-0.39, 0.29) is 6.10 Å². The summed E-state index contributed by atoms with van der Waals surface area (Å²) in [6, 6.07) is 0. The number of thioether (sulfide) groups is 1. The van der Waals surface area contributed by atoms with E-state index < -0.39 is 0 Å². The molecular weight excluding hydrogens is 144 g/mol. The highest BCUT2D eigenvalue weighted by Crippen LogP contribution is 2.05. The predicted octanol–water partition coefficient (Wildman–Crippen LogP) is 2.07. The van der Waals surface area contributed by atoms with Gasteiger partial charge in [-0.25, -0.2) is 0 Å². The van der Waals surface area contributed by atoms with Gasteiger partial charge in [-0.2, -0.15) is 11.8 Å². The second-order valence-corrected chi connectivity index (χ2v) is 3.29. The minimum Gasteiger partial charge on any atom is -0.393 e. The van der Waals surface area contributed by atoms with Crippen molar-refractivity contribution >= 4 is 11.8 Å². The largest absolute Gasteiger partial charge is 0.393 e. The summed E-state index contributed by atoms with van der Waals surface area (Å²) in [5.74, 6) is 1.05. The first kappa shape index (κ1) is 10.0. The van der Waals surface area contributed by atoms with Crippen molar-refractivity contribution in [1.82, 2.24) is 0 Å². The molecule has 0 aromatic rings. The van der Waals surface area contributed by atoms with Crippen LogP contribution in [0.4, 0.5) is 0 Å². The maximum Gasteiger partial charge on any atom is 0.0551 e. The number of rotatable bonds is 6. The first-order chi connectivity index (χ1) is 4.81. The fourth-order valence-corrected chi connectivity index (χ4v) is 1.22. The van der Waals surface area contributed by atoms with E-state index in [1.807, 2.05) is 6.08 Å². The summed E-state index contributed by atoms with van der Waals surface area (Å²) in [4.78, 5) is 0. The van der Waals surface area contributed by atoms with Crippen molar-refractivity contribution in [1.29, 1.82) is 0 Å². The van der Waals surface area contributed by atoms with Gasteiger partial charge in [0, 0.05) is 0 Å². The summed E-state index contributed by atoms with van der Waals surface area (Å²) >= 11 is 1.78. The Balaban J connectivity index is 3.07. The average molecular weight is 160 g/mol. The third-order valence-electron chi connectivity index (χ3n) is 1.36. The van der Waals surface area contributed by atoms with Crippen LogP contribution in [-0.2, 0) is 0 Å². The SMILES string of the molecule is C=CCCC(O)CCSC. The lowest BCUT2D eigenvalue weighted by molar-refractivity contribution is 0.163. The zero-order valence-electron chi connectivity index (χ0n) is 6.55. The Kier molecular flexibility index (Phi) is 7.20. The summed E-state index contributed by atoms with van der Waals surface area (Å²) in [5.41, 5.74) is 0. The van der Waals surface area contributed by atoms with E-state index in [9.17, 15) is 5.11 Å². The monoisotopic (exact) mass is 160 g/mol. The van der Waals surface area contributed by atoms with Gasteiger partial charge in [0.1, 0.15) is 0 Å².